The van der Waals surface area contributed by atoms with E-state index in [1.807, 2.05) is 12.1 Å². The summed E-state index contributed by atoms with van der Waals surface area (Å²) in [5.74, 6) is -3.19. The van der Waals surface area contributed by atoms with Crippen LogP contribution in [0, 0.1) is 18.6 Å². The number of halogens is 2. The standard InChI is InChI=1S/C23H17F2N5O2/c1-14-7-5-6-10-17(14)20(31)27-23-28-22(29-30(23)16-8-3-2-4-9-16)26-21(32)18-12-11-15(24)13-19(18)25/h2-13H,1H3,(H2,26,27,28,29,31,32). The number of hydrogen-bond acceptors (Lipinski definition) is 4. The van der Waals surface area contributed by atoms with Crippen molar-refractivity contribution in [1.29, 1.82) is 0 Å². The van der Waals surface area contributed by atoms with Gasteiger partial charge in [0, 0.05) is 11.6 Å². The number of benzene rings is 3. The van der Waals surface area contributed by atoms with Gasteiger partial charge in [0.05, 0.1) is 11.3 Å². The SMILES string of the molecule is Cc1ccccc1C(=O)Nc1nc(NC(=O)c2ccc(F)cc2F)nn1-c1ccccc1. The number of aryl methyl sites for hydroxylation is 1. The molecule has 0 radical (unpaired) electrons. The highest BCUT2D eigenvalue weighted by molar-refractivity contribution is 6.05. The molecule has 0 spiro atoms. The Balaban J connectivity index is 1.66. The molecule has 0 saturated carbocycles. The van der Waals surface area contributed by atoms with Gasteiger partial charge < -0.3 is 0 Å². The zero-order chi connectivity index (χ0) is 22.7. The van der Waals surface area contributed by atoms with E-state index in [0.29, 0.717) is 17.3 Å². The van der Waals surface area contributed by atoms with Crippen LogP contribution in [0.3, 0.4) is 0 Å². The first-order chi connectivity index (χ1) is 15.4. The van der Waals surface area contributed by atoms with Gasteiger partial charge in [-0.1, -0.05) is 36.4 Å². The Morgan fingerprint density at radius 3 is 2.25 bits per heavy atom. The quantitative estimate of drug-likeness (QED) is 0.490. The molecule has 1 heterocycles. The van der Waals surface area contributed by atoms with E-state index < -0.39 is 23.4 Å². The summed E-state index contributed by atoms with van der Waals surface area (Å²) in [7, 11) is 0. The number of nitrogens with one attached hydrogen (secondary N) is 2. The lowest BCUT2D eigenvalue weighted by molar-refractivity contribution is 0.101. The van der Waals surface area contributed by atoms with E-state index in [4.69, 9.17) is 0 Å². The van der Waals surface area contributed by atoms with E-state index in [1.165, 1.54) is 4.68 Å². The maximum absolute atomic E-state index is 13.9. The number of anilines is 2. The average molecular weight is 433 g/mol. The summed E-state index contributed by atoms with van der Waals surface area (Å²) in [5, 5.41) is 9.30. The van der Waals surface area contributed by atoms with Crippen molar-refractivity contribution in [1.82, 2.24) is 14.8 Å². The molecule has 4 rings (SSSR count). The largest absolute Gasteiger partial charge is 0.290 e. The molecule has 0 bridgehead atoms. The number of carbonyl (C=O) groups excluding carboxylic acids is 2. The molecule has 160 valence electrons. The van der Waals surface area contributed by atoms with E-state index in [1.54, 1.807) is 49.4 Å². The number of amides is 2. The summed E-state index contributed by atoms with van der Waals surface area (Å²) in [6.45, 7) is 1.81. The smallest absolute Gasteiger partial charge is 0.261 e. The number of aromatic nitrogens is 3. The molecule has 0 fully saturated rings. The highest BCUT2D eigenvalue weighted by atomic mass is 19.1. The van der Waals surface area contributed by atoms with Crippen molar-refractivity contribution in [3.8, 4) is 5.69 Å². The fourth-order valence-corrected chi connectivity index (χ4v) is 3.03. The lowest BCUT2D eigenvalue weighted by atomic mass is 10.1. The minimum Gasteiger partial charge on any atom is -0.290 e. The van der Waals surface area contributed by atoms with Gasteiger partial charge in [0.1, 0.15) is 11.6 Å². The number of nitrogens with zero attached hydrogens (tertiary/aromatic N) is 3. The van der Waals surface area contributed by atoms with E-state index in [2.05, 4.69) is 20.7 Å². The van der Waals surface area contributed by atoms with Crippen LogP contribution < -0.4 is 10.6 Å². The molecule has 1 aromatic heterocycles. The van der Waals surface area contributed by atoms with Crippen molar-refractivity contribution >= 4 is 23.7 Å². The summed E-state index contributed by atoms with van der Waals surface area (Å²) in [5.41, 5.74) is 1.44. The van der Waals surface area contributed by atoms with Crippen LogP contribution in [0.1, 0.15) is 26.3 Å². The van der Waals surface area contributed by atoms with Crippen molar-refractivity contribution in [3.63, 3.8) is 0 Å². The number of para-hydroxylation sites is 1. The van der Waals surface area contributed by atoms with Crippen LogP contribution in [0.15, 0.2) is 72.8 Å². The molecule has 0 saturated heterocycles. The van der Waals surface area contributed by atoms with Gasteiger partial charge in [-0.2, -0.15) is 9.67 Å². The third kappa shape index (κ3) is 4.36. The lowest BCUT2D eigenvalue weighted by Gasteiger charge is -2.08. The number of carbonyl (C=O) groups is 2. The summed E-state index contributed by atoms with van der Waals surface area (Å²) in [6.07, 6.45) is 0. The Morgan fingerprint density at radius 2 is 1.53 bits per heavy atom. The Kier molecular flexibility index (Phi) is 5.71. The second-order valence-electron chi connectivity index (χ2n) is 6.85. The molecule has 7 nitrogen and oxygen atoms in total. The second kappa shape index (κ2) is 8.76. The summed E-state index contributed by atoms with van der Waals surface area (Å²) in [4.78, 5) is 29.4. The predicted molar refractivity (Wildman–Crippen MR) is 115 cm³/mol. The van der Waals surface area contributed by atoms with Crippen LogP contribution in [0.4, 0.5) is 20.7 Å². The zero-order valence-corrected chi connectivity index (χ0v) is 16.8. The Hall–Kier alpha value is -4.40. The molecule has 0 atom stereocenters. The second-order valence-corrected chi connectivity index (χ2v) is 6.85. The van der Waals surface area contributed by atoms with Crippen LogP contribution in [0.5, 0.6) is 0 Å². The molecule has 0 aliphatic carbocycles. The first-order valence-corrected chi connectivity index (χ1v) is 9.58. The van der Waals surface area contributed by atoms with Gasteiger partial charge in [-0.3, -0.25) is 20.2 Å². The van der Waals surface area contributed by atoms with Crippen molar-refractivity contribution in [3.05, 3.63) is 101 Å². The van der Waals surface area contributed by atoms with Gasteiger partial charge in [-0.05, 0) is 42.8 Å². The van der Waals surface area contributed by atoms with E-state index in [-0.39, 0.29) is 17.5 Å². The van der Waals surface area contributed by atoms with Gasteiger partial charge in [0.15, 0.2) is 0 Å². The summed E-state index contributed by atoms with van der Waals surface area (Å²) >= 11 is 0. The zero-order valence-electron chi connectivity index (χ0n) is 16.8. The molecule has 0 unspecified atom stereocenters. The molecular weight excluding hydrogens is 416 g/mol. The fourth-order valence-electron chi connectivity index (χ4n) is 3.03. The van der Waals surface area contributed by atoms with Crippen LogP contribution in [-0.2, 0) is 0 Å². The van der Waals surface area contributed by atoms with Crippen molar-refractivity contribution in [2.24, 2.45) is 0 Å². The Labute approximate surface area is 181 Å². The molecular formula is C23H17F2N5O2. The van der Waals surface area contributed by atoms with E-state index >= 15 is 0 Å². The summed E-state index contributed by atoms with van der Waals surface area (Å²) < 4.78 is 28.4. The number of rotatable bonds is 5. The topological polar surface area (TPSA) is 88.9 Å². The molecule has 9 heteroatoms. The molecule has 2 N–H and O–H groups in total. The fraction of sp³-hybridized carbons (Fsp3) is 0.0435. The normalized spacial score (nSPS) is 10.6. The highest BCUT2D eigenvalue weighted by Crippen LogP contribution is 2.19. The first-order valence-electron chi connectivity index (χ1n) is 9.58. The summed E-state index contributed by atoms with van der Waals surface area (Å²) in [6, 6.07) is 18.5. The van der Waals surface area contributed by atoms with Crippen LogP contribution in [0.2, 0.25) is 0 Å². The van der Waals surface area contributed by atoms with E-state index in [0.717, 1.165) is 17.7 Å². The molecule has 2 amide bonds. The van der Waals surface area contributed by atoms with Gasteiger partial charge in [-0.25, -0.2) is 8.78 Å². The lowest BCUT2D eigenvalue weighted by Crippen LogP contribution is -2.17. The van der Waals surface area contributed by atoms with Crippen LogP contribution in [0.25, 0.3) is 5.69 Å². The number of hydrogen-bond donors (Lipinski definition) is 2. The van der Waals surface area contributed by atoms with Crippen molar-refractivity contribution < 1.29 is 18.4 Å². The van der Waals surface area contributed by atoms with E-state index in [9.17, 15) is 18.4 Å². The molecule has 4 aromatic rings. The van der Waals surface area contributed by atoms with Crippen LogP contribution >= 0.6 is 0 Å². The molecule has 32 heavy (non-hydrogen) atoms. The molecule has 0 aliphatic rings. The Morgan fingerprint density at radius 1 is 0.844 bits per heavy atom. The predicted octanol–water partition coefficient (Wildman–Crippen LogP) is 4.36. The van der Waals surface area contributed by atoms with Gasteiger partial charge >= 0.3 is 0 Å². The van der Waals surface area contributed by atoms with Crippen LogP contribution in [-0.4, -0.2) is 26.6 Å². The monoisotopic (exact) mass is 433 g/mol. The molecule has 3 aromatic carbocycles. The molecule has 0 aliphatic heterocycles. The maximum atomic E-state index is 13.9. The average Bonchev–Trinajstić information content (AvgIpc) is 3.16. The highest BCUT2D eigenvalue weighted by Gasteiger charge is 2.19. The van der Waals surface area contributed by atoms with Gasteiger partial charge in [0.2, 0.25) is 5.95 Å². The third-order valence-electron chi connectivity index (χ3n) is 4.62. The van der Waals surface area contributed by atoms with Crippen molar-refractivity contribution in [2.75, 3.05) is 10.6 Å². The minimum absolute atomic E-state index is 0.0549. The first kappa shape index (κ1) is 20.9. The van der Waals surface area contributed by atoms with Crippen molar-refractivity contribution in [2.45, 2.75) is 6.92 Å². The Bertz CT molecular complexity index is 1310. The minimum atomic E-state index is -1.02. The maximum Gasteiger partial charge on any atom is 0.261 e. The third-order valence-corrected chi connectivity index (χ3v) is 4.62. The van der Waals surface area contributed by atoms with Gasteiger partial charge in [0.25, 0.3) is 17.8 Å². The van der Waals surface area contributed by atoms with Gasteiger partial charge in [-0.15, -0.1) is 5.10 Å².